The van der Waals surface area contributed by atoms with Gasteiger partial charge in [-0.2, -0.15) is 23.3 Å². The molecule has 154 valence electrons. The Hall–Kier alpha value is -3.96. The van der Waals surface area contributed by atoms with Crippen molar-refractivity contribution in [1.82, 2.24) is 29.9 Å². The van der Waals surface area contributed by atoms with Crippen LogP contribution in [0.5, 0.6) is 5.88 Å². The van der Waals surface area contributed by atoms with Crippen molar-refractivity contribution in [2.24, 2.45) is 7.05 Å². The van der Waals surface area contributed by atoms with Crippen LogP contribution in [-0.4, -0.2) is 29.9 Å². The van der Waals surface area contributed by atoms with Crippen LogP contribution in [0.4, 0.5) is 13.2 Å². The number of alkyl halides is 3. The molecule has 0 aliphatic heterocycles. The molecule has 0 radical (unpaired) electrons. The van der Waals surface area contributed by atoms with Gasteiger partial charge in [0.1, 0.15) is 6.61 Å². The summed E-state index contributed by atoms with van der Waals surface area (Å²) in [5.74, 6) is 0.341. The van der Waals surface area contributed by atoms with E-state index in [0.29, 0.717) is 23.1 Å². The minimum absolute atomic E-state index is 0.0169. The van der Waals surface area contributed by atoms with E-state index >= 15 is 0 Å². The van der Waals surface area contributed by atoms with Crippen LogP contribution in [0.15, 0.2) is 52.0 Å². The van der Waals surface area contributed by atoms with Crippen molar-refractivity contribution in [3.63, 3.8) is 0 Å². The van der Waals surface area contributed by atoms with Crippen molar-refractivity contribution in [3.05, 3.63) is 64.3 Å². The lowest BCUT2D eigenvalue weighted by molar-refractivity contribution is -0.137. The molecule has 0 amide bonds. The second-order valence-corrected chi connectivity index (χ2v) is 6.15. The largest absolute Gasteiger partial charge is 0.471 e. The quantitative estimate of drug-likeness (QED) is 0.530. The van der Waals surface area contributed by atoms with Crippen LogP contribution in [0.2, 0.25) is 0 Å². The maximum atomic E-state index is 12.6. The van der Waals surface area contributed by atoms with E-state index in [1.54, 1.807) is 19.2 Å². The Morgan fingerprint density at radius 3 is 2.73 bits per heavy atom. The summed E-state index contributed by atoms with van der Waals surface area (Å²) in [7, 11) is 1.66. The summed E-state index contributed by atoms with van der Waals surface area (Å²) in [5.41, 5.74) is 0.217. The topological polar surface area (TPSA) is 112 Å². The zero-order valence-corrected chi connectivity index (χ0v) is 15.3. The van der Waals surface area contributed by atoms with Crippen LogP contribution < -0.4 is 10.3 Å². The number of nitrogens with one attached hydrogen (secondary N) is 1. The third-order valence-corrected chi connectivity index (χ3v) is 4.15. The number of halogens is 3. The summed E-state index contributed by atoms with van der Waals surface area (Å²) in [5, 5.41) is 7.98. The standard InChI is InChI=1S/C18H13F3N6O3/c1-27-13(9-29-15-6-5-10(7-22-15)18(19,20)21)11(8-23-27)17-25-16(26-30-17)12-3-2-4-14(28)24-12/h2-8H,9H2,1H3,(H,24,28). The Morgan fingerprint density at radius 1 is 1.20 bits per heavy atom. The molecule has 0 unspecified atom stereocenters. The van der Waals surface area contributed by atoms with Crippen LogP contribution in [0.3, 0.4) is 0 Å². The molecule has 9 nitrogen and oxygen atoms in total. The first-order valence-electron chi connectivity index (χ1n) is 8.52. The minimum Gasteiger partial charge on any atom is -0.471 e. The molecule has 0 aliphatic rings. The highest BCUT2D eigenvalue weighted by Gasteiger charge is 2.30. The summed E-state index contributed by atoms with van der Waals surface area (Å²) >= 11 is 0. The number of H-pyrrole nitrogens is 1. The lowest BCUT2D eigenvalue weighted by Gasteiger charge is -2.09. The Labute approximate surface area is 166 Å². The van der Waals surface area contributed by atoms with Gasteiger partial charge in [-0.05, 0) is 12.1 Å². The average molecular weight is 418 g/mol. The lowest BCUT2D eigenvalue weighted by Crippen LogP contribution is -2.07. The van der Waals surface area contributed by atoms with Crippen molar-refractivity contribution < 1.29 is 22.4 Å². The van der Waals surface area contributed by atoms with Gasteiger partial charge in [0.2, 0.25) is 17.3 Å². The Morgan fingerprint density at radius 2 is 2.03 bits per heavy atom. The van der Waals surface area contributed by atoms with E-state index in [4.69, 9.17) is 9.26 Å². The third kappa shape index (κ3) is 3.92. The summed E-state index contributed by atoms with van der Waals surface area (Å²) in [6.07, 6.45) is -2.28. The number of pyridine rings is 2. The van der Waals surface area contributed by atoms with Crippen molar-refractivity contribution in [3.8, 4) is 28.9 Å². The van der Waals surface area contributed by atoms with Gasteiger partial charge >= 0.3 is 6.18 Å². The molecule has 0 aliphatic carbocycles. The van der Waals surface area contributed by atoms with Gasteiger partial charge in [-0.3, -0.25) is 9.48 Å². The molecule has 30 heavy (non-hydrogen) atoms. The van der Waals surface area contributed by atoms with E-state index in [-0.39, 0.29) is 29.8 Å². The lowest BCUT2D eigenvalue weighted by atomic mass is 10.2. The number of aromatic nitrogens is 6. The van der Waals surface area contributed by atoms with Gasteiger partial charge < -0.3 is 14.2 Å². The molecular formula is C18H13F3N6O3. The highest BCUT2D eigenvalue weighted by molar-refractivity contribution is 5.58. The van der Waals surface area contributed by atoms with Crippen LogP contribution in [-0.2, 0) is 19.8 Å². The molecule has 4 heterocycles. The molecule has 4 rings (SSSR count). The monoisotopic (exact) mass is 418 g/mol. The van der Waals surface area contributed by atoms with Gasteiger partial charge in [-0.1, -0.05) is 11.2 Å². The van der Waals surface area contributed by atoms with Crippen LogP contribution in [0, 0.1) is 0 Å². The number of nitrogens with zero attached hydrogens (tertiary/aromatic N) is 5. The fraction of sp³-hybridized carbons (Fsp3) is 0.167. The number of aromatic amines is 1. The molecule has 0 bridgehead atoms. The fourth-order valence-electron chi connectivity index (χ4n) is 2.61. The molecule has 0 atom stereocenters. The van der Waals surface area contributed by atoms with E-state index in [1.165, 1.54) is 16.9 Å². The summed E-state index contributed by atoms with van der Waals surface area (Å²) < 4.78 is 50.2. The average Bonchev–Trinajstić information content (AvgIpc) is 3.33. The second-order valence-electron chi connectivity index (χ2n) is 6.15. The fourth-order valence-corrected chi connectivity index (χ4v) is 2.61. The van der Waals surface area contributed by atoms with Crippen LogP contribution >= 0.6 is 0 Å². The Balaban J connectivity index is 1.55. The SMILES string of the molecule is Cn1ncc(-c2nc(-c3cccc(=O)[nH]3)no2)c1COc1ccc(C(F)(F)F)cn1. The van der Waals surface area contributed by atoms with E-state index < -0.39 is 11.7 Å². The smallest absolute Gasteiger partial charge is 0.417 e. The van der Waals surface area contributed by atoms with Gasteiger partial charge in [0.25, 0.3) is 5.89 Å². The summed E-state index contributed by atoms with van der Waals surface area (Å²) in [6.45, 7) is -0.0515. The molecule has 0 saturated carbocycles. The maximum Gasteiger partial charge on any atom is 0.417 e. The van der Waals surface area contributed by atoms with Gasteiger partial charge in [-0.15, -0.1) is 0 Å². The van der Waals surface area contributed by atoms with Gasteiger partial charge in [0.05, 0.1) is 28.7 Å². The van der Waals surface area contributed by atoms with Crippen LogP contribution in [0.1, 0.15) is 11.3 Å². The van der Waals surface area contributed by atoms with E-state index in [9.17, 15) is 18.0 Å². The normalized spacial score (nSPS) is 11.6. The Kier molecular flexibility index (Phi) is 4.82. The zero-order chi connectivity index (χ0) is 21.3. The molecule has 0 spiro atoms. The molecule has 12 heteroatoms. The van der Waals surface area contributed by atoms with Crippen LogP contribution in [0.25, 0.3) is 23.0 Å². The number of ether oxygens (including phenoxy) is 1. The van der Waals surface area contributed by atoms with Crippen molar-refractivity contribution in [2.75, 3.05) is 0 Å². The first-order chi connectivity index (χ1) is 14.3. The predicted octanol–water partition coefficient (Wildman–Crippen LogP) is 2.82. The molecular weight excluding hydrogens is 405 g/mol. The van der Waals surface area contributed by atoms with Crippen molar-refractivity contribution in [2.45, 2.75) is 12.8 Å². The molecule has 0 aromatic carbocycles. The predicted molar refractivity (Wildman–Crippen MR) is 96.1 cm³/mol. The first kappa shape index (κ1) is 19.4. The Bertz CT molecular complexity index is 1230. The highest BCUT2D eigenvalue weighted by Crippen LogP contribution is 2.29. The molecule has 4 aromatic heterocycles. The van der Waals surface area contributed by atoms with E-state index in [1.807, 2.05) is 0 Å². The summed E-state index contributed by atoms with van der Waals surface area (Å²) in [6, 6.07) is 6.56. The minimum atomic E-state index is -4.47. The van der Waals surface area contributed by atoms with Gasteiger partial charge in [0.15, 0.2) is 0 Å². The number of rotatable bonds is 5. The molecule has 0 saturated heterocycles. The zero-order valence-electron chi connectivity index (χ0n) is 15.3. The summed E-state index contributed by atoms with van der Waals surface area (Å²) in [4.78, 5) is 22.0. The highest BCUT2D eigenvalue weighted by atomic mass is 19.4. The van der Waals surface area contributed by atoms with E-state index in [0.717, 1.165) is 12.1 Å². The third-order valence-electron chi connectivity index (χ3n) is 4.15. The van der Waals surface area contributed by atoms with Gasteiger partial charge in [0, 0.05) is 25.4 Å². The van der Waals surface area contributed by atoms with E-state index in [2.05, 4.69) is 25.2 Å². The molecule has 4 aromatic rings. The molecule has 0 fully saturated rings. The van der Waals surface area contributed by atoms with Crippen molar-refractivity contribution >= 4 is 0 Å². The number of aryl methyl sites for hydroxylation is 1. The maximum absolute atomic E-state index is 12.6. The van der Waals surface area contributed by atoms with Gasteiger partial charge in [-0.25, -0.2) is 4.98 Å². The molecule has 1 N–H and O–H groups in total. The number of hydrogen-bond acceptors (Lipinski definition) is 7. The second kappa shape index (κ2) is 7.46. The van der Waals surface area contributed by atoms with Crippen molar-refractivity contribution in [1.29, 1.82) is 0 Å². The first-order valence-corrected chi connectivity index (χ1v) is 8.52. The number of hydrogen-bond donors (Lipinski definition) is 1.